The number of aliphatic hydroxyl groups is 1. The Labute approximate surface area is 263 Å². The number of carbonyl (C=O) groups excluding carboxylic acids is 3. The summed E-state index contributed by atoms with van der Waals surface area (Å²) in [5.74, 6) is -2.58. The summed E-state index contributed by atoms with van der Waals surface area (Å²) >= 11 is 0. The molecule has 1 aliphatic carbocycles. The molecule has 1 fully saturated rings. The number of para-hydroxylation sites is 1. The van der Waals surface area contributed by atoms with Crippen molar-refractivity contribution in [2.24, 2.45) is 17.1 Å². The zero-order valence-electron chi connectivity index (χ0n) is 25.7. The molecule has 0 aromatic heterocycles. The lowest BCUT2D eigenvalue weighted by atomic mass is 9.75. The van der Waals surface area contributed by atoms with E-state index < -0.39 is 53.8 Å². The van der Waals surface area contributed by atoms with Gasteiger partial charge in [-0.15, -0.1) is 12.4 Å². The molecule has 0 spiro atoms. The van der Waals surface area contributed by atoms with E-state index in [0.29, 0.717) is 19.3 Å². The highest BCUT2D eigenvalue weighted by molar-refractivity contribution is 5.95. The van der Waals surface area contributed by atoms with E-state index in [-0.39, 0.29) is 56.6 Å². The van der Waals surface area contributed by atoms with Crippen molar-refractivity contribution < 1.29 is 42.1 Å². The molecular weight excluding hydrogens is 605 g/mol. The summed E-state index contributed by atoms with van der Waals surface area (Å²) < 4.78 is 52.4. The summed E-state index contributed by atoms with van der Waals surface area (Å²) in [4.78, 5) is 40.0. The Hall–Kier alpha value is -2.61. The maximum atomic E-state index is 14.3. The molecule has 2 aliphatic rings. The number of carbonyl (C=O) groups is 3. The predicted octanol–water partition coefficient (Wildman–Crippen LogP) is 3.86. The zero-order valence-corrected chi connectivity index (χ0v) is 26.6. The lowest BCUT2D eigenvalue weighted by Crippen LogP contribution is -2.64. The van der Waals surface area contributed by atoms with Gasteiger partial charge in [-0.3, -0.25) is 9.59 Å². The SMILES string of the molecule is COC(=O)NC1Cc2ccccc2N(C(=O)CC(C)(C)C[C@H](N)[C@@H](O)CNC(=O)[C@](OC)(C2CCCCC2)C(F)(F)F)C1.Cl. The number of alkyl carbamates (subject to hydrolysis) is 1. The van der Waals surface area contributed by atoms with Gasteiger partial charge in [0.2, 0.25) is 11.5 Å². The van der Waals surface area contributed by atoms with Crippen LogP contribution in [0, 0.1) is 11.3 Å². The number of nitrogens with zero attached hydrogens (tertiary/aromatic N) is 1. The van der Waals surface area contributed by atoms with Gasteiger partial charge < -0.3 is 35.8 Å². The number of amides is 3. The van der Waals surface area contributed by atoms with Gasteiger partial charge in [-0.1, -0.05) is 51.3 Å². The first kappa shape index (κ1) is 37.6. The summed E-state index contributed by atoms with van der Waals surface area (Å²) in [7, 11) is 2.15. The van der Waals surface area contributed by atoms with Crippen LogP contribution in [0.1, 0.15) is 64.4 Å². The second-order valence-corrected chi connectivity index (χ2v) is 12.4. The van der Waals surface area contributed by atoms with Gasteiger partial charge in [-0.25, -0.2) is 4.79 Å². The number of nitrogens with one attached hydrogen (secondary N) is 2. The van der Waals surface area contributed by atoms with E-state index in [1.165, 1.54) is 7.11 Å². The first-order valence-electron chi connectivity index (χ1n) is 14.7. The fourth-order valence-electron chi connectivity index (χ4n) is 6.41. The van der Waals surface area contributed by atoms with Crippen molar-refractivity contribution in [3.05, 3.63) is 29.8 Å². The highest BCUT2D eigenvalue weighted by Crippen LogP contribution is 2.45. The molecular formula is C30H46ClF3N4O6. The van der Waals surface area contributed by atoms with E-state index in [4.69, 9.17) is 15.2 Å². The average Bonchev–Trinajstić information content (AvgIpc) is 2.95. The van der Waals surface area contributed by atoms with Crippen molar-refractivity contribution in [2.75, 3.05) is 32.2 Å². The number of ether oxygens (including phenoxy) is 2. The molecule has 5 N–H and O–H groups in total. The molecule has 1 unspecified atom stereocenters. The first-order chi connectivity index (χ1) is 20.1. The van der Waals surface area contributed by atoms with Gasteiger partial charge in [-0.05, 0) is 42.7 Å². The smallest absolute Gasteiger partial charge is 0.426 e. The average molecular weight is 651 g/mol. The third-order valence-corrected chi connectivity index (χ3v) is 8.60. The monoisotopic (exact) mass is 650 g/mol. The number of halogens is 4. The number of alkyl halides is 3. The van der Waals surface area contributed by atoms with Crippen molar-refractivity contribution in [3.8, 4) is 0 Å². The largest absolute Gasteiger partial charge is 0.453 e. The lowest BCUT2D eigenvalue weighted by molar-refractivity contribution is -0.279. The Morgan fingerprint density at radius 3 is 2.34 bits per heavy atom. The molecule has 1 heterocycles. The molecule has 250 valence electrons. The lowest BCUT2D eigenvalue weighted by Gasteiger charge is -2.41. The van der Waals surface area contributed by atoms with Crippen molar-refractivity contribution in [2.45, 2.75) is 95.2 Å². The van der Waals surface area contributed by atoms with Crippen LogP contribution < -0.4 is 21.3 Å². The van der Waals surface area contributed by atoms with Gasteiger partial charge in [0.05, 0.1) is 19.3 Å². The van der Waals surface area contributed by atoms with Crippen LogP contribution in [0.2, 0.25) is 0 Å². The molecule has 14 heteroatoms. The van der Waals surface area contributed by atoms with E-state index >= 15 is 0 Å². The van der Waals surface area contributed by atoms with Crippen molar-refractivity contribution in [1.29, 1.82) is 0 Å². The van der Waals surface area contributed by atoms with Gasteiger partial charge >= 0.3 is 12.3 Å². The van der Waals surface area contributed by atoms with Crippen LogP contribution in [0.5, 0.6) is 0 Å². The number of rotatable bonds is 11. The molecule has 4 atom stereocenters. The number of hydrogen-bond donors (Lipinski definition) is 4. The van der Waals surface area contributed by atoms with E-state index in [1.54, 1.807) is 18.7 Å². The Morgan fingerprint density at radius 1 is 1.11 bits per heavy atom. The first-order valence-corrected chi connectivity index (χ1v) is 14.7. The normalized spacial score (nSPS) is 20.3. The second kappa shape index (κ2) is 15.6. The third-order valence-electron chi connectivity index (χ3n) is 8.60. The van der Waals surface area contributed by atoms with Crippen LogP contribution in [0.15, 0.2) is 24.3 Å². The van der Waals surface area contributed by atoms with Crippen LogP contribution in [-0.4, -0.2) is 80.3 Å². The molecule has 1 saturated carbocycles. The molecule has 3 amide bonds. The molecule has 1 aliphatic heterocycles. The zero-order chi connectivity index (χ0) is 32.0. The van der Waals surface area contributed by atoms with Gasteiger partial charge in [0, 0.05) is 44.3 Å². The van der Waals surface area contributed by atoms with Crippen LogP contribution in [0.3, 0.4) is 0 Å². The number of methoxy groups -OCH3 is 2. The standard InChI is InChI=1S/C30H45F3N4O6.ClH/c1-28(2,16-25(39)37-18-21(36-27(41)42-3)14-19-10-8-9-13-23(19)37)15-22(34)24(38)17-35-26(40)29(43-4,30(31,32)33)20-11-6-5-7-12-20;/h8-10,13,20-22,24,38H,5-7,11-12,14-18,34H2,1-4H3,(H,35,40)(H,36,41);1H/t21?,22-,24-,29+;/m0./s1. The number of nitrogens with two attached hydrogens (primary N) is 1. The minimum absolute atomic E-state index is 0. The Kier molecular flexibility index (Phi) is 13.3. The Morgan fingerprint density at radius 2 is 1.75 bits per heavy atom. The summed E-state index contributed by atoms with van der Waals surface area (Å²) in [6, 6.07) is 6.10. The van der Waals surface area contributed by atoms with Crippen LogP contribution in [-0.2, 0) is 25.5 Å². The van der Waals surface area contributed by atoms with E-state index in [9.17, 15) is 32.7 Å². The van der Waals surface area contributed by atoms with Crippen LogP contribution in [0.25, 0.3) is 0 Å². The van der Waals surface area contributed by atoms with Gasteiger partial charge in [-0.2, -0.15) is 13.2 Å². The van der Waals surface area contributed by atoms with Gasteiger partial charge in [0.25, 0.3) is 5.91 Å². The topological polar surface area (TPSA) is 143 Å². The molecule has 0 radical (unpaired) electrons. The molecule has 10 nitrogen and oxygen atoms in total. The summed E-state index contributed by atoms with van der Waals surface area (Å²) in [6.07, 6.45) is -3.80. The summed E-state index contributed by atoms with van der Waals surface area (Å²) in [6.45, 7) is 3.35. The van der Waals surface area contributed by atoms with Gasteiger partial charge in [0.1, 0.15) is 0 Å². The number of benzene rings is 1. The van der Waals surface area contributed by atoms with E-state index in [0.717, 1.165) is 24.8 Å². The number of fused-ring (bicyclic) bond motifs is 1. The van der Waals surface area contributed by atoms with Crippen molar-refractivity contribution >= 4 is 36.0 Å². The van der Waals surface area contributed by atoms with Crippen LogP contribution >= 0.6 is 12.4 Å². The maximum absolute atomic E-state index is 14.3. The molecule has 1 aromatic carbocycles. The minimum Gasteiger partial charge on any atom is -0.453 e. The highest BCUT2D eigenvalue weighted by atomic mass is 35.5. The van der Waals surface area contributed by atoms with Gasteiger partial charge in [0.15, 0.2) is 0 Å². The molecule has 0 saturated heterocycles. The Balaban J connectivity index is 0.00000675. The quantitative estimate of drug-likeness (QED) is 0.285. The molecule has 44 heavy (non-hydrogen) atoms. The highest BCUT2D eigenvalue weighted by Gasteiger charge is 2.65. The number of hydrogen-bond acceptors (Lipinski definition) is 7. The van der Waals surface area contributed by atoms with Crippen molar-refractivity contribution in [1.82, 2.24) is 10.6 Å². The second-order valence-electron chi connectivity index (χ2n) is 12.4. The predicted molar refractivity (Wildman–Crippen MR) is 161 cm³/mol. The molecule has 0 bridgehead atoms. The van der Waals surface area contributed by atoms with Crippen LogP contribution in [0.4, 0.5) is 23.7 Å². The third kappa shape index (κ3) is 8.76. The number of aliphatic hydroxyl groups excluding tert-OH is 1. The maximum Gasteiger partial charge on any atom is 0.426 e. The number of anilines is 1. The van der Waals surface area contributed by atoms with Crippen molar-refractivity contribution in [3.63, 3.8) is 0 Å². The fourth-order valence-corrected chi connectivity index (χ4v) is 6.41. The summed E-state index contributed by atoms with van der Waals surface area (Å²) in [5, 5.41) is 15.7. The summed E-state index contributed by atoms with van der Waals surface area (Å²) in [5.41, 5.74) is 4.15. The minimum atomic E-state index is -4.94. The molecule has 1 aromatic rings. The van der Waals surface area contributed by atoms with E-state index in [1.807, 2.05) is 24.3 Å². The van der Waals surface area contributed by atoms with E-state index in [2.05, 4.69) is 10.6 Å². The Bertz CT molecular complexity index is 1130. The fraction of sp³-hybridized carbons (Fsp3) is 0.700. The molecule has 3 rings (SSSR count).